The number of methoxy groups -OCH3 is 1. The van der Waals surface area contributed by atoms with E-state index in [0.717, 1.165) is 0 Å². The standard InChI is InChI=1S/C15H22FNO3/c1-10(2)8-13(15(19)20-3)17-9-14(18)11-6-4-5-7-12(11)16/h4-7,10,13-14,17-18H,8-9H2,1-3H3. The van der Waals surface area contributed by atoms with Gasteiger partial charge in [0.25, 0.3) is 0 Å². The van der Waals surface area contributed by atoms with E-state index in [9.17, 15) is 14.3 Å². The summed E-state index contributed by atoms with van der Waals surface area (Å²) in [5, 5.41) is 12.9. The molecule has 0 spiro atoms. The molecule has 5 heteroatoms. The lowest BCUT2D eigenvalue weighted by molar-refractivity contribution is -0.143. The van der Waals surface area contributed by atoms with Gasteiger partial charge in [-0.2, -0.15) is 0 Å². The third kappa shape index (κ3) is 4.90. The number of halogens is 1. The van der Waals surface area contributed by atoms with Gasteiger partial charge in [-0.1, -0.05) is 32.0 Å². The fourth-order valence-electron chi connectivity index (χ4n) is 1.99. The molecule has 0 saturated carbocycles. The highest BCUT2D eigenvalue weighted by Crippen LogP contribution is 2.16. The molecule has 0 bridgehead atoms. The number of carbonyl (C=O) groups excluding carboxylic acids is 1. The van der Waals surface area contributed by atoms with Crippen molar-refractivity contribution in [3.8, 4) is 0 Å². The highest BCUT2D eigenvalue weighted by Gasteiger charge is 2.22. The van der Waals surface area contributed by atoms with Crippen LogP contribution in [0.25, 0.3) is 0 Å². The molecule has 0 saturated heterocycles. The summed E-state index contributed by atoms with van der Waals surface area (Å²) in [6.45, 7) is 4.07. The van der Waals surface area contributed by atoms with E-state index in [-0.39, 0.29) is 18.1 Å². The Morgan fingerprint density at radius 2 is 2.05 bits per heavy atom. The molecule has 0 aliphatic rings. The van der Waals surface area contributed by atoms with Crippen LogP contribution < -0.4 is 5.32 Å². The average Bonchev–Trinajstić information content (AvgIpc) is 2.42. The van der Waals surface area contributed by atoms with Crippen LogP contribution in [0, 0.1) is 11.7 Å². The van der Waals surface area contributed by atoms with E-state index in [2.05, 4.69) is 5.32 Å². The minimum Gasteiger partial charge on any atom is -0.468 e. The van der Waals surface area contributed by atoms with Crippen molar-refractivity contribution in [2.45, 2.75) is 32.4 Å². The Morgan fingerprint density at radius 3 is 2.60 bits per heavy atom. The quantitative estimate of drug-likeness (QED) is 0.752. The van der Waals surface area contributed by atoms with Gasteiger partial charge < -0.3 is 15.2 Å². The average molecular weight is 283 g/mol. The van der Waals surface area contributed by atoms with Gasteiger partial charge >= 0.3 is 5.97 Å². The molecule has 1 aromatic rings. The molecule has 0 aliphatic heterocycles. The monoisotopic (exact) mass is 283 g/mol. The van der Waals surface area contributed by atoms with E-state index >= 15 is 0 Å². The maximum absolute atomic E-state index is 13.5. The van der Waals surface area contributed by atoms with Crippen molar-refractivity contribution in [3.05, 3.63) is 35.6 Å². The molecule has 2 unspecified atom stereocenters. The zero-order valence-electron chi connectivity index (χ0n) is 12.1. The van der Waals surface area contributed by atoms with E-state index in [1.165, 1.54) is 19.2 Å². The number of benzene rings is 1. The van der Waals surface area contributed by atoms with Gasteiger partial charge in [-0.25, -0.2) is 4.39 Å². The minimum atomic E-state index is -1.00. The van der Waals surface area contributed by atoms with Crippen LogP contribution in [0.4, 0.5) is 4.39 Å². The zero-order valence-corrected chi connectivity index (χ0v) is 12.1. The number of esters is 1. The maximum atomic E-state index is 13.5. The third-order valence-electron chi connectivity index (χ3n) is 3.01. The van der Waals surface area contributed by atoms with Gasteiger partial charge in [0.2, 0.25) is 0 Å². The molecule has 112 valence electrons. The van der Waals surface area contributed by atoms with Crippen LogP contribution in [0.15, 0.2) is 24.3 Å². The molecule has 0 radical (unpaired) electrons. The van der Waals surface area contributed by atoms with Crippen LogP contribution in [0.1, 0.15) is 31.9 Å². The first-order valence-corrected chi connectivity index (χ1v) is 6.69. The third-order valence-corrected chi connectivity index (χ3v) is 3.01. The van der Waals surface area contributed by atoms with Crippen molar-refractivity contribution >= 4 is 5.97 Å². The summed E-state index contributed by atoms with van der Waals surface area (Å²) >= 11 is 0. The molecule has 1 aromatic carbocycles. The molecule has 0 aliphatic carbocycles. The van der Waals surface area contributed by atoms with Crippen LogP contribution in [-0.2, 0) is 9.53 Å². The minimum absolute atomic E-state index is 0.0907. The van der Waals surface area contributed by atoms with E-state index in [1.807, 2.05) is 13.8 Å². The fourth-order valence-corrected chi connectivity index (χ4v) is 1.99. The van der Waals surface area contributed by atoms with Crippen LogP contribution in [0.2, 0.25) is 0 Å². The first-order chi connectivity index (χ1) is 9.45. The van der Waals surface area contributed by atoms with E-state index in [0.29, 0.717) is 12.3 Å². The number of rotatable bonds is 7. The van der Waals surface area contributed by atoms with Crippen molar-refractivity contribution in [1.82, 2.24) is 5.32 Å². The first kappa shape index (κ1) is 16.6. The van der Waals surface area contributed by atoms with Gasteiger partial charge in [0.1, 0.15) is 11.9 Å². The lowest BCUT2D eigenvalue weighted by Gasteiger charge is -2.20. The summed E-state index contributed by atoms with van der Waals surface area (Å²) in [5.41, 5.74) is 0.216. The number of hydrogen-bond acceptors (Lipinski definition) is 4. The number of nitrogens with one attached hydrogen (secondary N) is 1. The largest absolute Gasteiger partial charge is 0.468 e. The normalized spacial score (nSPS) is 14.1. The predicted molar refractivity (Wildman–Crippen MR) is 74.6 cm³/mol. The molecule has 0 fully saturated rings. The Bertz CT molecular complexity index is 437. The number of ether oxygens (including phenoxy) is 1. The van der Waals surface area contributed by atoms with Crippen LogP contribution in [0.5, 0.6) is 0 Å². The topological polar surface area (TPSA) is 58.6 Å². The fraction of sp³-hybridized carbons (Fsp3) is 0.533. The summed E-state index contributed by atoms with van der Waals surface area (Å²) in [6.07, 6.45) is -0.410. The lowest BCUT2D eigenvalue weighted by atomic mass is 10.0. The second-order valence-corrected chi connectivity index (χ2v) is 5.15. The van der Waals surface area contributed by atoms with Crippen molar-refractivity contribution in [1.29, 1.82) is 0 Å². The number of hydrogen-bond donors (Lipinski definition) is 2. The molecule has 0 aromatic heterocycles. The highest BCUT2D eigenvalue weighted by atomic mass is 19.1. The Labute approximate surface area is 119 Å². The molecular weight excluding hydrogens is 261 g/mol. The first-order valence-electron chi connectivity index (χ1n) is 6.69. The van der Waals surface area contributed by atoms with Gasteiger partial charge in [-0.3, -0.25) is 4.79 Å². The maximum Gasteiger partial charge on any atom is 0.322 e. The van der Waals surface area contributed by atoms with Gasteiger partial charge in [-0.15, -0.1) is 0 Å². The second kappa shape index (κ2) is 7.97. The highest BCUT2D eigenvalue weighted by molar-refractivity contribution is 5.75. The molecule has 2 N–H and O–H groups in total. The van der Waals surface area contributed by atoms with Gasteiger partial charge in [0, 0.05) is 12.1 Å². The molecule has 4 nitrogen and oxygen atoms in total. The molecular formula is C15H22FNO3. The molecule has 20 heavy (non-hydrogen) atoms. The van der Waals surface area contributed by atoms with Crippen LogP contribution >= 0.6 is 0 Å². The summed E-state index contributed by atoms with van der Waals surface area (Å²) in [6, 6.07) is 5.55. The van der Waals surface area contributed by atoms with Crippen molar-refractivity contribution in [3.63, 3.8) is 0 Å². The molecule has 2 atom stereocenters. The number of aliphatic hydroxyl groups excluding tert-OH is 1. The number of carbonyl (C=O) groups is 1. The Kier molecular flexibility index (Phi) is 6.61. The zero-order chi connectivity index (χ0) is 15.1. The second-order valence-electron chi connectivity index (χ2n) is 5.15. The molecule has 0 heterocycles. The van der Waals surface area contributed by atoms with E-state index in [4.69, 9.17) is 4.74 Å². The molecule has 1 rings (SSSR count). The van der Waals surface area contributed by atoms with Gasteiger partial charge in [0.15, 0.2) is 0 Å². The SMILES string of the molecule is COC(=O)C(CC(C)C)NCC(O)c1ccccc1F. The van der Waals surface area contributed by atoms with Crippen molar-refractivity contribution < 1.29 is 19.0 Å². The van der Waals surface area contributed by atoms with Gasteiger partial charge in [-0.05, 0) is 18.4 Å². The van der Waals surface area contributed by atoms with E-state index < -0.39 is 18.0 Å². The summed E-state index contributed by atoms with van der Waals surface area (Å²) < 4.78 is 18.2. The summed E-state index contributed by atoms with van der Waals surface area (Å²) in [4.78, 5) is 11.6. The van der Waals surface area contributed by atoms with Crippen LogP contribution in [0.3, 0.4) is 0 Å². The Balaban J connectivity index is 2.63. The molecule has 0 amide bonds. The smallest absolute Gasteiger partial charge is 0.322 e. The predicted octanol–water partition coefficient (Wildman–Crippen LogP) is 2.04. The van der Waals surface area contributed by atoms with E-state index in [1.54, 1.807) is 12.1 Å². The number of aliphatic hydroxyl groups is 1. The van der Waals surface area contributed by atoms with Crippen LogP contribution in [-0.4, -0.2) is 30.8 Å². The van der Waals surface area contributed by atoms with Crippen molar-refractivity contribution in [2.24, 2.45) is 5.92 Å². The Morgan fingerprint density at radius 1 is 1.40 bits per heavy atom. The lowest BCUT2D eigenvalue weighted by Crippen LogP contribution is -2.40. The van der Waals surface area contributed by atoms with Gasteiger partial charge in [0.05, 0.1) is 13.2 Å². The van der Waals surface area contributed by atoms with Crippen molar-refractivity contribution in [2.75, 3.05) is 13.7 Å². The summed E-state index contributed by atoms with van der Waals surface area (Å²) in [7, 11) is 1.32. The summed E-state index contributed by atoms with van der Waals surface area (Å²) in [5.74, 6) is -0.531. The Hall–Kier alpha value is -1.46.